The number of nitrogens with two attached hydrogens (primary N) is 1. The number of rotatable bonds is 6. The minimum absolute atomic E-state index is 0.0246. The third-order valence-electron chi connectivity index (χ3n) is 5.75. The fraction of sp³-hybridized carbons (Fsp3) is 0.522. The Balaban J connectivity index is 1.63. The molecule has 1 amide bonds. The van der Waals surface area contributed by atoms with Gasteiger partial charge in [-0.3, -0.25) is 9.59 Å². The number of aromatic nitrogens is 1. The van der Waals surface area contributed by atoms with Gasteiger partial charge < -0.3 is 15.7 Å². The lowest BCUT2D eigenvalue weighted by Gasteiger charge is -2.32. The van der Waals surface area contributed by atoms with Crippen LogP contribution in [0, 0.1) is 12.3 Å². The van der Waals surface area contributed by atoms with Crippen molar-refractivity contribution in [3.05, 3.63) is 41.0 Å². The van der Waals surface area contributed by atoms with Crippen LogP contribution in [0.15, 0.2) is 29.8 Å². The van der Waals surface area contributed by atoms with Gasteiger partial charge in [0.05, 0.1) is 34.3 Å². The van der Waals surface area contributed by atoms with E-state index in [-0.39, 0.29) is 24.7 Å². The van der Waals surface area contributed by atoms with E-state index in [1.807, 2.05) is 45.3 Å². The molecule has 0 aliphatic carbocycles. The van der Waals surface area contributed by atoms with E-state index in [1.165, 1.54) is 4.90 Å². The molecule has 3 N–H and O–H groups in total. The molecule has 0 unspecified atom stereocenters. The lowest BCUT2D eigenvalue weighted by Crippen LogP contribution is -2.53. The van der Waals surface area contributed by atoms with Crippen molar-refractivity contribution in [2.75, 3.05) is 6.54 Å². The SMILES string of the molecule is Cc1ncsc1-c1ccc(CCC(=O)[C@@H]2C[C@@H](O)CN2C(=O)[C@@H](N)C(C)(C)C)cc1. The molecule has 1 aromatic heterocycles. The highest BCUT2D eigenvalue weighted by atomic mass is 32.1. The minimum Gasteiger partial charge on any atom is -0.391 e. The van der Waals surface area contributed by atoms with Gasteiger partial charge in [0, 0.05) is 19.4 Å². The molecule has 162 valence electrons. The van der Waals surface area contributed by atoms with E-state index >= 15 is 0 Å². The zero-order valence-electron chi connectivity index (χ0n) is 18.1. The topological polar surface area (TPSA) is 96.5 Å². The van der Waals surface area contributed by atoms with Gasteiger partial charge in [-0.1, -0.05) is 45.0 Å². The van der Waals surface area contributed by atoms with Crippen LogP contribution in [0.3, 0.4) is 0 Å². The zero-order valence-corrected chi connectivity index (χ0v) is 18.9. The second kappa shape index (κ2) is 8.96. The zero-order chi connectivity index (χ0) is 22.1. The van der Waals surface area contributed by atoms with E-state index in [9.17, 15) is 14.7 Å². The van der Waals surface area contributed by atoms with Crippen molar-refractivity contribution in [1.29, 1.82) is 0 Å². The Kier molecular flexibility index (Phi) is 6.75. The molecule has 3 atom stereocenters. The van der Waals surface area contributed by atoms with Gasteiger partial charge in [0.25, 0.3) is 0 Å². The largest absolute Gasteiger partial charge is 0.391 e. The fourth-order valence-electron chi connectivity index (χ4n) is 3.75. The molecule has 1 aliphatic heterocycles. The molecule has 0 radical (unpaired) electrons. The van der Waals surface area contributed by atoms with Crippen LogP contribution < -0.4 is 5.73 Å². The third-order valence-corrected chi connectivity index (χ3v) is 6.73. The van der Waals surface area contributed by atoms with Gasteiger partial charge >= 0.3 is 0 Å². The summed E-state index contributed by atoms with van der Waals surface area (Å²) in [5, 5.41) is 10.1. The Bertz CT molecular complexity index is 901. The number of benzene rings is 1. The standard InChI is InChI=1S/C23H31N3O3S/c1-14-20(30-13-25-14)16-8-5-15(6-9-16)7-10-19(28)18-11-17(27)12-26(18)22(29)21(24)23(2,3)4/h5-6,8-9,13,17-18,21,27H,7,10-12,24H2,1-4H3/t17-,18+,21-/m1/s1. The number of carbonyl (C=O) groups excluding carboxylic acids is 2. The van der Waals surface area contributed by atoms with Crippen LogP contribution in [0.25, 0.3) is 10.4 Å². The van der Waals surface area contributed by atoms with E-state index < -0.39 is 23.6 Å². The monoisotopic (exact) mass is 429 g/mol. The maximum Gasteiger partial charge on any atom is 0.240 e. The van der Waals surface area contributed by atoms with E-state index in [2.05, 4.69) is 17.1 Å². The molecule has 2 heterocycles. The smallest absolute Gasteiger partial charge is 0.240 e. The Morgan fingerprint density at radius 1 is 1.30 bits per heavy atom. The number of hydrogen-bond donors (Lipinski definition) is 2. The van der Waals surface area contributed by atoms with Crippen molar-refractivity contribution in [3.63, 3.8) is 0 Å². The summed E-state index contributed by atoms with van der Waals surface area (Å²) in [6, 6.07) is 6.86. The number of likely N-dealkylation sites (tertiary alicyclic amines) is 1. The summed E-state index contributed by atoms with van der Waals surface area (Å²) in [7, 11) is 0. The molecule has 1 aromatic carbocycles. The molecule has 0 bridgehead atoms. The number of thiazole rings is 1. The first-order valence-electron chi connectivity index (χ1n) is 10.3. The maximum absolute atomic E-state index is 12.9. The van der Waals surface area contributed by atoms with E-state index in [0.717, 1.165) is 21.7 Å². The first kappa shape index (κ1) is 22.6. The van der Waals surface area contributed by atoms with Crippen molar-refractivity contribution < 1.29 is 14.7 Å². The van der Waals surface area contributed by atoms with E-state index in [1.54, 1.807) is 11.3 Å². The molecule has 6 nitrogen and oxygen atoms in total. The molecule has 7 heteroatoms. The number of ketones is 1. The van der Waals surface area contributed by atoms with Gasteiger partial charge in [0.1, 0.15) is 0 Å². The first-order valence-corrected chi connectivity index (χ1v) is 11.2. The number of carbonyl (C=O) groups is 2. The van der Waals surface area contributed by atoms with Gasteiger partial charge in [0.2, 0.25) is 5.91 Å². The Labute approximate surface area is 182 Å². The molecule has 1 fully saturated rings. The van der Waals surface area contributed by atoms with Crippen LogP contribution in [0.5, 0.6) is 0 Å². The van der Waals surface area contributed by atoms with Crippen LogP contribution in [0.1, 0.15) is 44.9 Å². The molecule has 1 aliphatic rings. The number of aliphatic hydroxyl groups excluding tert-OH is 1. The highest BCUT2D eigenvalue weighted by molar-refractivity contribution is 7.13. The van der Waals surface area contributed by atoms with E-state index in [0.29, 0.717) is 12.8 Å². The summed E-state index contributed by atoms with van der Waals surface area (Å²) >= 11 is 1.61. The average Bonchev–Trinajstić information content (AvgIpc) is 3.30. The lowest BCUT2D eigenvalue weighted by molar-refractivity contribution is -0.140. The number of nitrogens with zero attached hydrogens (tertiary/aromatic N) is 2. The highest BCUT2D eigenvalue weighted by Gasteiger charge is 2.42. The number of hydrogen-bond acceptors (Lipinski definition) is 6. The lowest BCUT2D eigenvalue weighted by atomic mass is 9.86. The molecule has 30 heavy (non-hydrogen) atoms. The van der Waals surface area contributed by atoms with Crippen LogP contribution in [-0.4, -0.2) is 51.4 Å². The average molecular weight is 430 g/mol. The molecule has 3 rings (SSSR count). The number of β-amino-alcohol motifs (C(OH)–C–C–N with tert-alkyl or cyclic N) is 1. The van der Waals surface area contributed by atoms with Gasteiger partial charge in [-0.2, -0.15) is 0 Å². The Morgan fingerprint density at radius 2 is 1.97 bits per heavy atom. The van der Waals surface area contributed by atoms with Crippen molar-refractivity contribution in [2.24, 2.45) is 11.1 Å². The van der Waals surface area contributed by atoms with Gasteiger partial charge in [-0.05, 0) is 29.9 Å². The minimum atomic E-state index is -0.708. The molecule has 2 aromatic rings. The predicted octanol–water partition coefficient (Wildman–Crippen LogP) is 2.96. The summed E-state index contributed by atoms with van der Waals surface area (Å²) in [5.41, 5.74) is 10.8. The summed E-state index contributed by atoms with van der Waals surface area (Å²) in [6.07, 6.45) is 0.522. The first-order chi connectivity index (χ1) is 14.1. The summed E-state index contributed by atoms with van der Waals surface area (Å²) < 4.78 is 0. The molecule has 1 saturated heterocycles. The number of aryl methyl sites for hydroxylation is 2. The number of amides is 1. The highest BCUT2D eigenvalue weighted by Crippen LogP contribution is 2.28. The second-order valence-corrected chi connectivity index (χ2v) is 10.0. The van der Waals surface area contributed by atoms with Gasteiger partial charge in [-0.25, -0.2) is 4.98 Å². The quantitative estimate of drug-likeness (QED) is 0.736. The third kappa shape index (κ3) is 4.96. The van der Waals surface area contributed by atoms with Crippen LogP contribution in [0.4, 0.5) is 0 Å². The summed E-state index contributed by atoms with van der Waals surface area (Å²) in [4.78, 5) is 32.7. The molecular weight excluding hydrogens is 398 g/mol. The van der Waals surface area contributed by atoms with Crippen molar-refractivity contribution in [1.82, 2.24) is 9.88 Å². The van der Waals surface area contributed by atoms with E-state index in [4.69, 9.17) is 5.73 Å². The Morgan fingerprint density at radius 3 is 2.53 bits per heavy atom. The van der Waals surface area contributed by atoms with Crippen LogP contribution >= 0.6 is 11.3 Å². The maximum atomic E-state index is 12.9. The van der Waals surface area contributed by atoms with Crippen molar-refractivity contribution >= 4 is 23.0 Å². The summed E-state index contributed by atoms with van der Waals surface area (Å²) in [5.74, 6) is -0.287. The molecular formula is C23H31N3O3S. The summed E-state index contributed by atoms with van der Waals surface area (Å²) in [6.45, 7) is 7.86. The normalized spacial score (nSPS) is 20.4. The molecule has 0 spiro atoms. The second-order valence-electron chi connectivity index (χ2n) is 9.17. The van der Waals surface area contributed by atoms with Crippen LogP contribution in [-0.2, 0) is 16.0 Å². The van der Waals surface area contributed by atoms with Crippen molar-refractivity contribution in [3.8, 4) is 10.4 Å². The Hall–Kier alpha value is -2.09. The van der Waals surface area contributed by atoms with Crippen LogP contribution in [0.2, 0.25) is 0 Å². The molecule has 0 saturated carbocycles. The number of aliphatic hydroxyl groups is 1. The van der Waals surface area contributed by atoms with Gasteiger partial charge in [-0.15, -0.1) is 11.3 Å². The predicted molar refractivity (Wildman–Crippen MR) is 119 cm³/mol. The fourth-order valence-corrected chi connectivity index (χ4v) is 4.56. The van der Waals surface area contributed by atoms with Gasteiger partial charge in [0.15, 0.2) is 5.78 Å². The van der Waals surface area contributed by atoms with Crippen molar-refractivity contribution in [2.45, 2.75) is 65.1 Å². The number of Topliss-reactive ketones (excluding diaryl/α,β-unsaturated/α-hetero) is 1.